The third kappa shape index (κ3) is 1.21. The lowest BCUT2D eigenvalue weighted by molar-refractivity contribution is 0.554. The van der Waals surface area contributed by atoms with Gasteiger partial charge in [-0.25, -0.2) is 4.98 Å². The molecule has 11 heavy (non-hydrogen) atoms. The van der Waals surface area contributed by atoms with E-state index in [1.54, 1.807) is 12.5 Å². The Bertz CT molecular complexity index is 339. The van der Waals surface area contributed by atoms with Crippen molar-refractivity contribution in [1.82, 2.24) is 9.97 Å². The van der Waals surface area contributed by atoms with Gasteiger partial charge in [-0.3, -0.25) is 0 Å². The first-order valence-electron chi connectivity index (χ1n) is 3.10. The quantitative estimate of drug-likeness (QED) is 0.790. The SMILES string of the molecule is Brc1ccc(-c2cnc[nH]2)o1. The van der Waals surface area contributed by atoms with Crippen LogP contribution in [0.1, 0.15) is 0 Å². The van der Waals surface area contributed by atoms with E-state index in [2.05, 4.69) is 25.9 Å². The van der Waals surface area contributed by atoms with E-state index < -0.39 is 0 Å². The van der Waals surface area contributed by atoms with Crippen LogP contribution in [0.5, 0.6) is 0 Å². The minimum Gasteiger partial charge on any atom is -0.448 e. The lowest BCUT2D eigenvalue weighted by Crippen LogP contribution is -1.68. The molecule has 0 saturated heterocycles. The van der Waals surface area contributed by atoms with Crippen LogP contribution < -0.4 is 0 Å². The van der Waals surface area contributed by atoms with Gasteiger partial charge < -0.3 is 9.40 Å². The zero-order chi connectivity index (χ0) is 7.68. The summed E-state index contributed by atoms with van der Waals surface area (Å²) in [7, 11) is 0. The molecule has 2 aromatic rings. The number of halogens is 1. The molecule has 0 unspecified atom stereocenters. The van der Waals surface area contributed by atoms with Crippen molar-refractivity contribution in [3.8, 4) is 11.5 Å². The van der Waals surface area contributed by atoms with Crippen molar-refractivity contribution in [3.05, 3.63) is 29.3 Å². The maximum atomic E-state index is 5.27. The van der Waals surface area contributed by atoms with Crippen molar-refractivity contribution < 1.29 is 4.42 Å². The van der Waals surface area contributed by atoms with E-state index in [4.69, 9.17) is 4.42 Å². The zero-order valence-electron chi connectivity index (χ0n) is 5.54. The third-order valence-electron chi connectivity index (χ3n) is 1.34. The smallest absolute Gasteiger partial charge is 0.169 e. The predicted molar refractivity (Wildman–Crippen MR) is 44.0 cm³/mol. The molecule has 2 aromatic heterocycles. The van der Waals surface area contributed by atoms with Gasteiger partial charge in [0.05, 0.1) is 12.5 Å². The second kappa shape index (κ2) is 2.54. The topological polar surface area (TPSA) is 41.8 Å². The maximum Gasteiger partial charge on any atom is 0.169 e. The highest BCUT2D eigenvalue weighted by atomic mass is 79.9. The number of imidazole rings is 1. The Labute approximate surface area is 71.6 Å². The van der Waals surface area contributed by atoms with E-state index in [0.717, 1.165) is 16.1 Å². The number of nitrogens with zero attached hydrogens (tertiary/aromatic N) is 1. The fourth-order valence-electron chi connectivity index (χ4n) is 0.850. The number of furan rings is 1. The van der Waals surface area contributed by atoms with Crippen LogP contribution in [0.25, 0.3) is 11.5 Å². The van der Waals surface area contributed by atoms with Crippen LogP contribution in [0, 0.1) is 0 Å². The Morgan fingerprint density at radius 1 is 1.45 bits per heavy atom. The van der Waals surface area contributed by atoms with Gasteiger partial charge in [-0.2, -0.15) is 0 Å². The Hall–Kier alpha value is -1.03. The molecule has 0 fully saturated rings. The summed E-state index contributed by atoms with van der Waals surface area (Å²) in [6, 6.07) is 3.72. The molecule has 4 heteroatoms. The highest BCUT2D eigenvalue weighted by Gasteiger charge is 2.02. The lowest BCUT2D eigenvalue weighted by Gasteiger charge is -1.86. The summed E-state index contributed by atoms with van der Waals surface area (Å²) in [4.78, 5) is 6.82. The summed E-state index contributed by atoms with van der Waals surface area (Å²) < 4.78 is 6.00. The molecule has 1 N–H and O–H groups in total. The van der Waals surface area contributed by atoms with Crippen molar-refractivity contribution in [1.29, 1.82) is 0 Å². The molecule has 2 rings (SSSR count). The van der Waals surface area contributed by atoms with Crippen molar-refractivity contribution in [2.24, 2.45) is 0 Å². The molecule has 0 radical (unpaired) electrons. The maximum absolute atomic E-state index is 5.27. The number of nitrogens with one attached hydrogen (secondary N) is 1. The molecule has 0 saturated carbocycles. The number of rotatable bonds is 1. The predicted octanol–water partition coefficient (Wildman–Crippen LogP) is 2.43. The molecule has 0 amide bonds. The van der Waals surface area contributed by atoms with Gasteiger partial charge in [0.1, 0.15) is 5.69 Å². The first kappa shape index (κ1) is 6.67. The van der Waals surface area contributed by atoms with Crippen molar-refractivity contribution in [2.45, 2.75) is 0 Å². The zero-order valence-corrected chi connectivity index (χ0v) is 7.13. The van der Waals surface area contributed by atoms with Gasteiger partial charge in [-0.15, -0.1) is 0 Å². The standard InChI is InChI=1S/C7H5BrN2O/c8-7-2-1-6(11-7)5-3-9-4-10-5/h1-4H,(H,9,10). The number of hydrogen-bond donors (Lipinski definition) is 1. The monoisotopic (exact) mass is 212 g/mol. The van der Waals surface area contributed by atoms with Gasteiger partial charge in [-0.05, 0) is 28.1 Å². The fraction of sp³-hybridized carbons (Fsp3) is 0. The average Bonchev–Trinajstić information content (AvgIpc) is 2.55. The van der Waals surface area contributed by atoms with Gasteiger partial charge in [0, 0.05) is 0 Å². The van der Waals surface area contributed by atoms with Crippen molar-refractivity contribution in [3.63, 3.8) is 0 Å². The van der Waals surface area contributed by atoms with Gasteiger partial charge in [0.25, 0.3) is 0 Å². The molecule has 56 valence electrons. The highest BCUT2D eigenvalue weighted by Crippen LogP contribution is 2.22. The van der Waals surface area contributed by atoms with Gasteiger partial charge >= 0.3 is 0 Å². The van der Waals surface area contributed by atoms with Crippen LogP contribution in [-0.4, -0.2) is 9.97 Å². The van der Waals surface area contributed by atoms with E-state index in [9.17, 15) is 0 Å². The summed E-state index contributed by atoms with van der Waals surface area (Å²) in [5, 5.41) is 0. The molecule has 0 atom stereocenters. The van der Waals surface area contributed by atoms with Crippen LogP contribution >= 0.6 is 15.9 Å². The number of H-pyrrole nitrogens is 1. The van der Waals surface area contributed by atoms with Crippen LogP contribution in [0.2, 0.25) is 0 Å². The first-order valence-corrected chi connectivity index (χ1v) is 3.89. The van der Waals surface area contributed by atoms with Gasteiger partial charge in [0.15, 0.2) is 10.4 Å². The van der Waals surface area contributed by atoms with Gasteiger partial charge in [-0.1, -0.05) is 0 Å². The highest BCUT2D eigenvalue weighted by molar-refractivity contribution is 9.10. The Balaban J connectivity index is 2.45. The first-order chi connectivity index (χ1) is 5.36. The lowest BCUT2D eigenvalue weighted by atomic mass is 10.4. The second-order valence-electron chi connectivity index (χ2n) is 2.07. The molecule has 0 aliphatic carbocycles. The number of aromatic nitrogens is 2. The van der Waals surface area contributed by atoms with Crippen LogP contribution in [-0.2, 0) is 0 Å². The minimum atomic E-state index is 0.724. The molecule has 3 nitrogen and oxygen atoms in total. The minimum absolute atomic E-state index is 0.724. The Kier molecular flexibility index (Phi) is 1.54. The fourth-order valence-corrected chi connectivity index (χ4v) is 1.16. The van der Waals surface area contributed by atoms with Crippen molar-refractivity contribution in [2.75, 3.05) is 0 Å². The van der Waals surface area contributed by atoms with Gasteiger partial charge in [0.2, 0.25) is 0 Å². The molecule has 0 aliphatic rings. The van der Waals surface area contributed by atoms with E-state index in [1.165, 1.54) is 0 Å². The van der Waals surface area contributed by atoms with E-state index >= 15 is 0 Å². The van der Waals surface area contributed by atoms with Crippen LogP contribution in [0.15, 0.2) is 33.7 Å². The summed E-state index contributed by atoms with van der Waals surface area (Å²) in [6.07, 6.45) is 3.33. The van der Waals surface area contributed by atoms with Crippen LogP contribution in [0.4, 0.5) is 0 Å². The second-order valence-corrected chi connectivity index (χ2v) is 2.85. The number of hydrogen-bond acceptors (Lipinski definition) is 2. The molecule has 0 bridgehead atoms. The summed E-state index contributed by atoms with van der Waals surface area (Å²) >= 11 is 3.22. The molecule has 2 heterocycles. The molecular weight excluding hydrogens is 208 g/mol. The average molecular weight is 213 g/mol. The van der Waals surface area contributed by atoms with E-state index in [-0.39, 0.29) is 0 Å². The third-order valence-corrected chi connectivity index (χ3v) is 1.76. The molecule has 0 aliphatic heterocycles. The Morgan fingerprint density at radius 2 is 2.36 bits per heavy atom. The van der Waals surface area contributed by atoms with Crippen molar-refractivity contribution >= 4 is 15.9 Å². The molecule has 0 aromatic carbocycles. The summed E-state index contributed by atoms with van der Waals surface area (Å²) in [6.45, 7) is 0. The normalized spacial score (nSPS) is 10.3. The summed E-state index contributed by atoms with van der Waals surface area (Å²) in [5.41, 5.74) is 0.885. The summed E-state index contributed by atoms with van der Waals surface area (Å²) in [5.74, 6) is 0.786. The van der Waals surface area contributed by atoms with E-state index in [0.29, 0.717) is 0 Å². The Morgan fingerprint density at radius 3 is 2.91 bits per heavy atom. The van der Waals surface area contributed by atoms with E-state index in [1.807, 2.05) is 12.1 Å². The van der Waals surface area contributed by atoms with Crippen LogP contribution in [0.3, 0.4) is 0 Å². The largest absolute Gasteiger partial charge is 0.448 e. The molecular formula is C7H5BrN2O. The molecule has 0 spiro atoms. The number of aromatic amines is 1.